The van der Waals surface area contributed by atoms with Crippen molar-refractivity contribution < 1.29 is 9.66 Å². The highest BCUT2D eigenvalue weighted by molar-refractivity contribution is 9.10. The summed E-state index contributed by atoms with van der Waals surface area (Å²) in [5.74, 6) is 0.775. The number of hydrogen-bond donors (Lipinski definition) is 0. The van der Waals surface area contributed by atoms with Gasteiger partial charge in [0, 0.05) is 17.1 Å². The summed E-state index contributed by atoms with van der Waals surface area (Å²) < 4.78 is 6.55. The van der Waals surface area contributed by atoms with Crippen LogP contribution in [0.15, 0.2) is 35.1 Å². The number of nitrogens with zero attached hydrogens (tertiary/aromatic N) is 4. The first-order valence-corrected chi connectivity index (χ1v) is 8.55. The van der Waals surface area contributed by atoms with Crippen LogP contribution in [0.1, 0.15) is 26.2 Å². The lowest BCUT2D eigenvalue weighted by Crippen LogP contribution is -2.38. The molecule has 1 aromatic carbocycles. The number of hydrogen-bond acceptors (Lipinski definition) is 6. The zero-order valence-electron chi connectivity index (χ0n) is 13.2. The number of nitro groups is 1. The van der Waals surface area contributed by atoms with Gasteiger partial charge in [-0.15, -0.1) is 0 Å². The number of anilines is 1. The lowest BCUT2D eigenvalue weighted by Gasteiger charge is -2.33. The smallest absolute Gasteiger partial charge is 0.373 e. The van der Waals surface area contributed by atoms with Crippen molar-refractivity contribution in [2.24, 2.45) is 0 Å². The van der Waals surface area contributed by atoms with Gasteiger partial charge in [-0.2, -0.15) is 4.98 Å². The Morgan fingerprint density at radius 1 is 1.29 bits per heavy atom. The molecule has 24 heavy (non-hydrogen) atoms. The zero-order valence-corrected chi connectivity index (χ0v) is 14.8. The van der Waals surface area contributed by atoms with Crippen molar-refractivity contribution >= 4 is 27.4 Å². The fourth-order valence-electron chi connectivity index (χ4n) is 2.83. The minimum Gasteiger partial charge on any atom is -0.434 e. The van der Waals surface area contributed by atoms with Gasteiger partial charge in [-0.1, -0.05) is 15.9 Å². The van der Waals surface area contributed by atoms with Crippen LogP contribution in [0.4, 0.5) is 11.5 Å². The predicted octanol–water partition coefficient (Wildman–Crippen LogP) is 4.32. The summed E-state index contributed by atoms with van der Waals surface area (Å²) in [5.41, 5.74) is -0.186. The molecule has 1 fully saturated rings. The number of halogens is 1. The summed E-state index contributed by atoms with van der Waals surface area (Å²) in [5, 5.41) is 11.6. The number of piperidine rings is 1. The molecular formula is C16H17BrN4O3. The zero-order chi connectivity index (χ0) is 17.1. The highest BCUT2D eigenvalue weighted by atomic mass is 79.9. The van der Waals surface area contributed by atoms with Crippen molar-refractivity contribution in [1.29, 1.82) is 0 Å². The SMILES string of the molecule is CC1CCCCN1c1ncnc(Oc2ccc(Br)cc2)c1[N+](=O)[O-]. The van der Waals surface area contributed by atoms with Crippen LogP contribution in [0.5, 0.6) is 11.6 Å². The maximum atomic E-state index is 11.6. The van der Waals surface area contributed by atoms with Gasteiger partial charge in [0.25, 0.3) is 0 Å². The third-order valence-corrected chi connectivity index (χ3v) is 4.58. The second kappa shape index (κ2) is 7.12. The molecule has 1 aliphatic rings. The molecule has 0 aliphatic carbocycles. The van der Waals surface area contributed by atoms with E-state index in [-0.39, 0.29) is 17.6 Å². The van der Waals surface area contributed by atoms with E-state index in [2.05, 4.69) is 32.8 Å². The Kier molecular flexibility index (Phi) is 4.94. The van der Waals surface area contributed by atoms with Crippen molar-refractivity contribution in [3.63, 3.8) is 0 Å². The first kappa shape index (κ1) is 16.6. The second-order valence-corrected chi connectivity index (χ2v) is 6.62. The monoisotopic (exact) mass is 392 g/mol. The van der Waals surface area contributed by atoms with Crippen molar-refractivity contribution in [2.75, 3.05) is 11.4 Å². The molecule has 3 rings (SSSR count). The van der Waals surface area contributed by atoms with Crippen LogP contribution in [-0.2, 0) is 0 Å². The first-order chi connectivity index (χ1) is 11.6. The fourth-order valence-corrected chi connectivity index (χ4v) is 3.09. The van der Waals surface area contributed by atoms with E-state index in [1.807, 2.05) is 4.90 Å². The maximum absolute atomic E-state index is 11.6. The van der Waals surface area contributed by atoms with Crippen molar-refractivity contribution in [2.45, 2.75) is 32.2 Å². The molecule has 1 aromatic heterocycles. The topological polar surface area (TPSA) is 81.4 Å². The molecule has 0 radical (unpaired) electrons. The lowest BCUT2D eigenvalue weighted by molar-refractivity contribution is -0.385. The summed E-state index contributed by atoms with van der Waals surface area (Å²) in [6.45, 7) is 2.80. The van der Waals surface area contributed by atoms with Crippen LogP contribution >= 0.6 is 15.9 Å². The third kappa shape index (κ3) is 3.48. The van der Waals surface area contributed by atoms with E-state index in [0.717, 1.165) is 30.3 Å². The molecule has 8 heteroatoms. The molecule has 1 saturated heterocycles. The number of benzene rings is 1. The highest BCUT2D eigenvalue weighted by Gasteiger charge is 2.31. The van der Waals surface area contributed by atoms with Crippen LogP contribution < -0.4 is 9.64 Å². The average Bonchev–Trinajstić information content (AvgIpc) is 2.57. The molecule has 0 N–H and O–H groups in total. The quantitative estimate of drug-likeness (QED) is 0.569. The number of ether oxygens (including phenoxy) is 1. The Bertz CT molecular complexity index is 739. The Labute approximate surface area is 148 Å². The van der Waals surface area contributed by atoms with Crippen LogP contribution in [0.2, 0.25) is 0 Å². The maximum Gasteiger partial charge on any atom is 0.373 e. The van der Waals surface area contributed by atoms with Crippen molar-refractivity contribution in [3.05, 3.63) is 45.2 Å². The Balaban J connectivity index is 1.98. The summed E-state index contributed by atoms with van der Waals surface area (Å²) in [6.07, 6.45) is 4.43. The summed E-state index contributed by atoms with van der Waals surface area (Å²) in [6, 6.07) is 7.25. The van der Waals surface area contributed by atoms with E-state index in [4.69, 9.17) is 4.74 Å². The minimum absolute atomic E-state index is 0.0369. The summed E-state index contributed by atoms with van der Waals surface area (Å²) in [4.78, 5) is 21.3. The molecule has 1 atom stereocenters. The van der Waals surface area contributed by atoms with Crippen LogP contribution in [0.3, 0.4) is 0 Å². The van der Waals surface area contributed by atoms with Crippen LogP contribution in [-0.4, -0.2) is 27.5 Å². The van der Waals surface area contributed by atoms with Crippen molar-refractivity contribution in [3.8, 4) is 11.6 Å². The van der Waals surface area contributed by atoms with Gasteiger partial charge in [-0.05, 0) is 50.5 Å². The van der Waals surface area contributed by atoms with Gasteiger partial charge in [-0.25, -0.2) is 4.98 Å². The molecular weight excluding hydrogens is 376 g/mol. The lowest BCUT2D eigenvalue weighted by atomic mass is 10.0. The van der Waals surface area contributed by atoms with Crippen LogP contribution in [0, 0.1) is 10.1 Å². The van der Waals surface area contributed by atoms with Gasteiger partial charge in [0.05, 0.1) is 4.92 Å². The average molecular weight is 393 g/mol. The number of rotatable bonds is 4. The first-order valence-electron chi connectivity index (χ1n) is 7.75. The molecule has 0 spiro atoms. The van der Waals surface area contributed by atoms with E-state index in [0.29, 0.717) is 11.6 Å². The fraction of sp³-hybridized carbons (Fsp3) is 0.375. The van der Waals surface area contributed by atoms with Gasteiger partial charge in [0.2, 0.25) is 5.82 Å². The molecule has 0 amide bonds. The van der Waals surface area contributed by atoms with Gasteiger partial charge in [0.15, 0.2) is 0 Å². The standard InChI is InChI=1S/C16H17BrN4O3/c1-11-4-2-3-9-20(11)15-14(21(22)23)16(19-10-18-15)24-13-7-5-12(17)6-8-13/h5-8,10-11H,2-4,9H2,1H3. The van der Waals surface area contributed by atoms with Gasteiger partial charge in [0.1, 0.15) is 12.1 Å². The van der Waals surface area contributed by atoms with E-state index in [9.17, 15) is 10.1 Å². The largest absolute Gasteiger partial charge is 0.434 e. The molecule has 1 unspecified atom stereocenters. The van der Waals surface area contributed by atoms with Gasteiger partial charge >= 0.3 is 11.6 Å². The Morgan fingerprint density at radius 2 is 2.04 bits per heavy atom. The van der Waals surface area contributed by atoms with E-state index < -0.39 is 4.92 Å². The van der Waals surface area contributed by atoms with Gasteiger partial charge < -0.3 is 9.64 Å². The van der Waals surface area contributed by atoms with E-state index >= 15 is 0 Å². The van der Waals surface area contributed by atoms with Gasteiger partial charge in [-0.3, -0.25) is 10.1 Å². The van der Waals surface area contributed by atoms with E-state index in [1.54, 1.807) is 24.3 Å². The molecule has 126 valence electrons. The predicted molar refractivity (Wildman–Crippen MR) is 93.6 cm³/mol. The Morgan fingerprint density at radius 3 is 2.71 bits per heavy atom. The molecule has 1 aliphatic heterocycles. The third-order valence-electron chi connectivity index (χ3n) is 4.06. The second-order valence-electron chi connectivity index (χ2n) is 5.70. The Hall–Kier alpha value is -2.22. The summed E-state index contributed by atoms with van der Waals surface area (Å²) in [7, 11) is 0. The normalized spacial score (nSPS) is 17.6. The van der Waals surface area contributed by atoms with E-state index in [1.165, 1.54) is 6.33 Å². The number of aromatic nitrogens is 2. The van der Waals surface area contributed by atoms with Crippen LogP contribution in [0.25, 0.3) is 0 Å². The molecule has 0 bridgehead atoms. The minimum atomic E-state index is -0.467. The summed E-state index contributed by atoms with van der Waals surface area (Å²) >= 11 is 3.34. The molecule has 0 saturated carbocycles. The molecule has 2 aromatic rings. The molecule has 7 nitrogen and oxygen atoms in total. The van der Waals surface area contributed by atoms with Crippen molar-refractivity contribution in [1.82, 2.24) is 9.97 Å². The molecule has 2 heterocycles. The highest BCUT2D eigenvalue weighted by Crippen LogP contribution is 2.38.